The first kappa shape index (κ1) is 14.1. The van der Waals surface area contributed by atoms with E-state index in [0.29, 0.717) is 5.01 Å². The molecule has 1 rings (SSSR count). The molecule has 6 nitrogen and oxygen atoms in total. The highest BCUT2D eigenvalue weighted by atomic mass is 32.2. The molecule has 0 unspecified atom stereocenters. The first-order chi connectivity index (χ1) is 7.63. The average molecular weight is 278 g/mol. The van der Waals surface area contributed by atoms with Crippen LogP contribution in [0.15, 0.2) is 5.38 Å². The molecule has 8 heteroatoms. The Morgan fingerprint density at radius 1 is 1.53 bits per heavy atom. The maximum Gasteiger partial charge on any atom is 0.355 e. The Balaban J connectivity index is 2.71. The predicted octanol–water partition coefficient (Wildman–Crippen LogP) is 1.06. The van der Waals surface area contributed by atoms with Crippen molar-refractivity contribution in [1.29, 1.82) is 0 Å². The standard InChI is InChI=1S/C9H14N2O4S2/c1-9(2,3)17(14,15)10-4-7-11-6(5-16-7)8(12)13/h5,10H,4H2,1-3H3,(H,12,13). The number of hydrogen-bond acceptors (Lipinski definition) is 5. The van der Waals surface area contributed by atoms with Crippen molar-refractivity contribution in [3.63, 3.8) is 0 Å². The number of hydrogen-bond donors (Lipinski definition) is 2. The molecule has 0 saturated carbocycles. The van der Waals surface area contributed by atoms with Gasteiger partial charge in [-0.3, -0.25) is 0 Å². The largest absolute Gasteiger partial charge is 0.476 e. The number of carboxylic acid groups (broad SMARTS) is 1. The molecule has 17 heavy (non-hydrogen) atoms. The van der Waals surface area contributed by atoms with Crippen LogP contribution in [0.1, 0.15) is 36.3 Å². The number of carboxylic acids is 1. The molecule has 1 aromatic heterocycles. The molecule has 0 aliphatic rings. The summed E-state index contributed by atoms with van der Waals surface area (Å²) in [5.41, 5.74) is -0.0695. The highest BCUT2D eigenvalue weighted by Gasteiger charge is 2.28. The number of rotatable bonds is 4. The van der Waals surface area contributed by atoms with E-state index < -0.39 is 20.7 Å². The maximum absolute atomic E-state index is 11.7. The molecule has 0 aliphatic carbocycles. The zero-order valence-corrected chi connectivity index (χ0v) is 11.4. The van der Waals surface area contributed by atoms with E-state index in [1.165, 1.54) is 5.38 Å². The Hall–Kier alpha value is -0.990. The third kappa shape index (κ3) is 3.48. The molecular weight excluding hydrogens is 264 g/mol. The van der Waals surface area contributed by atoms with Gasteiger partial charge in [0, 0.05) is 5.38 Å². The summed E-state index contributed by atoms with van der Waals surface area (Å²) in [5.74, 6) is -1.12. The molecular formula is C9H14N2O4S2. The van der Waals surface area contributed by atoms with Gasteiger partial charge in [-0.15, -0.1) is 11.3 Å². The van der Waals surface area contributed by atoms with Gasteiger partial charge in [-0.25, -0.2) is 22.9 Å². The summed E-state index contributed by atoms with van der Waals surface area (Å²) in [5, 5.41) is 10.5. The second-order valence-corrected chi connectivity index (χ2v) is 7.83. The van der Waals surface area contributed by atoms with Crippen molar-refractivity contribution in [3.8, 4) is 0 Å². The first-order valence-electron chi connectivity index (χ1n) is 4.80. The average Bonchev–Trinajstić information content (AvgIpc) is 2.61. The summed E-state index contributed by atoms with van der Waals surface area (Å²) in [6.45, 7) is 4.76. The summed E-state index contributed by atoms with van der Waals surface area (Å²) < 4.78 is 24.9. The van der Waals surface area contributed by atoms with Crippen LogP contribution in [0.3, 0.4) is 0 Å². The van der Waals surface area contributed by atoms with E-state index in [1.54, 1.807) is 20.8 Å². The molecule has 96 valence electrons. The molecule has 0 bridgehead atoms. The second-order valence-electron chi connectivity index (χ2n) is 4.37. The van der Waals surface area contributed by atoms with Crippen LogP contribution in [0.5, 0.6) is 0 Å². The molecule has 1 aromatic rings. The molecule has 0 spiro atoms. The maximum atomic E-state index is 11.7. The second kappa shape index (κ2) is 4.71. The number of sulfonamides is 1. The van der Waals surface area contributed by atoms with E-state index in [4.69, 9.17) is 5.11 Å². The van der Waals surface area contributed by atoms with E-state index in [1.807, 2.05) is 0 Å². The molecule has 0 fully saturated rings. The van der Waals surface area contributed by atoms with Crippen LogP contribution in [0.4, 0.5) is 0 Å². The summed E-state index contributed by atoms with van der Waals surface area (Å²) in [7, 11) is -3.44. The topological polar surface area (TPSA) is 96.4 Å². The quantitative estimate of drug-likeness (QED) is 0.858. The van der Waals surface area contributed by atoms with Crippen LogP contribution in [-0.2, 0) is 16.6 Å². The van der Waals surface area contributed by atoms with E-state index in [2.05, 4.69) is 9.71 Å². The zero-order valence-electron chi connectivity index (χ0n) is 9.72. The molecule has 0 atom stereocenters. The number of nitrogens with one attached hydrogen (secondary N) is 1. The lowest BCUT2D eigenvalue weighted by atomic mass is 10.3. The van der Waals surface area contributed by atoms with Crippen molar-refractivity contribution in [2.75, 3.05) is 0 Å². The summed E-state index contributed by atoms with van der Waals surface area (Å²) >= 11 is 1.11. The third-order valence-corrected chi connectivity index (χ3v) is 4.98. The number of aromatic nitrogens is 1. The van der Waals surface area contributed by atoms with E-state index in [0.717, 1.165) is 11.3 Å². The van der Waals surface area contributed by atoms with Crippen molar-refractivity contribution in [2.45, 2.75) is 32.1 Å². The fourth-order valence-electron chi connectivity index (χ4n) is 0.864. The summed E-state index contributed by atoms with van der Waals surface area (Å²) in [4.78, 5) is 14.4. The minimum atomic E-state index is -3.44. The first-order valence-corrected chi connectivity index (χ1v) is 7.16. The molecule has 0 saturated heterocycles. The summed E-state index contributed by atoms with van der Waals surface area (Å²) in [6, 6.07) is 0. The molecule has 0 radical (unpaired) electrons. The van der Waals surface area contributed by atoms with Crippen LogP contribution >= 0.6 is 11.3 Å². The Bertz CT molecular complexity index is 513. The number of aromatic carboxylic acids is 1. The zero-order chi connectivity index (χ0) is 13.3. The van der Waals surface area contributed by atoms with Gasteiger partial charge in [0.1, 0.15) is 5.01 Å². The predicted molar refractivity (Wildman–Crippen MR) is 64.6 cm³/mol. The van der Waals surface area contributed by atoms with Crippen LogP contribution < -0.4 is 4.72 Å². The van der Waals surface area contributed by atoms with Crippen LogP contribution in [0, 0.1) is 0 Å². The fourth-order valence-corrected chi connectivity index (χ4v) is 2.42. The lowest BCUT2D eigenvalue weighted by molar-refractivity contribution is 0.0691. The van der Waals surface area contributed by atoms with Gasteiger partial charge in [-0.1, -0.05) is 0 Å². The van der Waals surface area contributed by atoms with Gasteiger partial charge < -0.3 is 5.11 Å². The van der Waals surface area contributed by atoms with Gasteiger partial charge in [-0.05, 0) is 20.8 Å². The van der Waals surface area contributed by atoms with Crippen molar-refractivity contribution >= 4 is 27.3 Å². The van der Waals surface area contributed by atoms with Gasteiger partial charge in [0.2, 0.25) is 10.0 Å². The molecule has 1 heterocycles. The lowest BCUT2D eigenvalue weighted by Crippen LogP contribution is -2.38. The Morgan fingerprint density at radius 2 is 2.12 bits per heavy atom. The Morgan fingerprint density at radius 3 is 2.53 bits per heavy atom. The fraction of sp³-hybridized carbons (Fsp3) is 0.556. The minimum absolute atomic E-state index is 0.0115. The van der Waals surface area contributed by atoms with Crippen molar-refractivity contribution in [3.05, 3.63) is 16.1 Å². The number of thiazole rings is 1. The van der Waals surface area contributed by atoms with E-state index in [-0.39, 0.29) is 12.2 Å². The summed E-state index contributed by atoms with van der Waals surface area (Å²) in [6.07, 6.45) is 0. The van der Waals surface area contributed by atoms with Gasteiger partial charge >= 0.3 is 5.97 Å². The van der Waals surface area contributed by atoms with Crippen molar-refractivity contribution < 1.29 is 18.3 Å². The lowest BCUT2D eigenvalue weighted by Gasteiger charge is -2.19. The highest BCUT2D eigenvalue weighted by Crippen LogP contribution is 2.15. The molecule has 0 aliphatic heterocycles. The van der Waals surface area contributed by atoms with Gasteiger partial charge in [0.05, 0.1) is 11.3 Å². The normalized spacial score (nSPS) is 12.6. The smallest absolute Gasteiger partial charge is 0.355 e. The van der Waals surface area contributed by atoms with Crippen LogP contribution in [0.25, 0.3) is 0 Å². The number of carbonyl (C=O) groups is 1. The van der Waals surface area contributed by atoms with E-state index in [9.17, 15) is 13.2 Å². The monoisotopic (exact) mass is 278 g/mol. The minimum Gasteiger partial charge on any atom is -0.476 e. The molecule has 2 N–H and O–H groups in total. The number of nitrogens with zero attached hydrogens (tertiary/aromatic N) is 1. The van der Waals surface area contributed by atoms with Gasteiger partial charge in [0.25, 0.3) is 0 Å². The third-order valence-electron chi connectivity index (χ3n) is 1.99. The van der Waals surface area contributed by atoms with Crippen molar-refractivity contribution in [2.24, 2.45) is 0 Å². The van der Waals surface area contributed by atoms with Gasteiger partial charge in [0.15, 0.2) is 5.69 Å². The highest BCUT2D eigenvalue weighted by molar-refractivity contribution is 7.90. The Labute approximate surface area is 104 Å². The van der Waals surface area contributed by atoms with E-state index >= 15 is 0 Å². The van der Waals surface area contributed by atoms with Crippen LogP contribution in [0.2, 0.25) is 0 Å². The molecule has 0 amide bonds. The molecule has 0 aromatic carbocycles. The van der Waals surface area contributed by atoms with Gasteiger partial charge in [-0.2, -0.15) is 0 Å². The SMILES string of the molecule is CC(C)(C)S(=O)(=O)NCc1nc(C(=O)O)cs1. The van der Waals surface area contributed by atoms with Crippen LogP contribution in [-0.4, -0.2) is 29.2 Å². The Kier molecular flexibility index (Phi) is 3.90. The van der Waals surface area contributed by atoms with Crippen molar-refractivity contribution in [1.82, 2.24) is 9.71 Å².